The summed E-state index contributed by atoms with van der Waals surface area (Å²) in [5.41, 5.74) is 0.961. The number of hydrogen-bond acceptors (Lipinski definition) is 4. The largest absolute Gasteiger partial charge is 0.360 e. The van der Waals surface area contributed by atoms with Crippen molar-refractivity contribution in [2.24, 2.45) is 0 Å². The standard InChI is InChI=1S/C10H9Br2N3O/c11-7-3-9(12)10(14-4-7)6-13-5-8-1-2-15-16-8/h1-4,13H,5-6H2. The number of hydrogen-bond donors (Lipinski definition) is 1. The van der Waals surface area contributed by atoms with Gasteiger partial charge in [0.1, 0.15) is 5.76 Å². The molecule has 2 aromatic rings. The van der Waals surface area contributed by atoms with Crippen molar-refractivity contribution in [2.75, 3.05) is 0 Å². The van der Waals surface area contributed by atoms with Gasteiger partial charge in [-0.25, -0.2) is 0 Å². The monoisotopic (exact) mass is 345 g/mol. The van der Waals surface area contributed by atoms with Crippen molar-refractivity contribution < 1.29 is 4.52 Å². The van der Waals surface area contributed by atoms with Crippen molar-refractivity contribution >= 4 is 31.9 Å². The van der Waals surface area contributed by atoms with Gasteiger partial charge in [-0.3, -0.25) is 4.98 Å². The molecule has 0 atom stereocenters. The van der Waals surface area contributed by atoms with Gasteiger partial charge in [-0.1, -0.05) is 5.16 Å². The van der Waals surface area contributed by atoms with Gasteiger partial charge in [-0.2, -0.15) is 0 Å². The Hall–Kier alpha value is -0.720. The number of pyridine rings is 1. The van der Waals surface area contributed by atoms with Crippen LogP contribution in [-0.2, 0) is 13.1 Å². The quantitative estimate of drug-likeness (QED) is 0.924. The summed E-state index contributed by atoms with van der Waals surface area (Å²) in [5.74, 6) is 0.813. The van der Waals surface area contributed by atoms with E-state index in [1.54, 1.807) is 12.4 Å². The predicted octanol–water partition coefficient (Wildman–Crippen LogP) is 2.88. The third-order valence-electron chi connectivity index (χ3n) is 1.97. The molecule has 0 radical (unpaired) electrons. The Balaban J connectivity index is 1.90. The lowest BCUT2D eigenvalue weighted by molar-refractivity contribution is 0.372. The maximum atomic E-state index is 4.97. The lowest BCUT2D eigenvalue weighted by atomic mass is 10.3. The van der Waals surface area contributed by atoms with Crippen LogP contribution in [0.15, 0.2) is 38.0 Å². The van der Waals surface area contributed by atoms with E-state index in [4.69, 9.17) is 4.52 Å². The minimum Gasteiger partial charge on any atom is -0.360 e. The zero-order valence-electron chi connectivity index (χ0n) is 8.28. The van der Waals surface area contributed by atoms with E-state index < -0.39 is 0 Å². The van der Waals surface area contributed by atoms with Gasteiger partial charge in [0.05, 0.1) is 18.4 Å². The first kappa shape index (κ1) is 11.8. The Morgan fingerprint density at radius 2 is 2.19 bits per heavy atom. The summed E-state index contributed by atoms with van der Waals surface area (Å²) in [5, 5.41) is 6.85. The fourth-order valence-corrected chi connectivity index (χ4v) is 2.34. The maximum absolute atomic E-state index is 4.97. The van der Waals surface area contributed by atoms with Gasteiger partial charge in [0.2, 0.25) is 0 Å². The fraction of sp³-hybridized carbons (Fsp3) is 0.200. The first-order chi connectivity index (χ1) is 7.75. The van der Waals surface area contributed by atoms with Crippen molar-refractivity contribution in [1.29, 1.82) is 0 Å². The van der Waals surface area contributed by atoms with Crippen LogP contribution in [0, 0.1) is 0 Å². The molecule has 0 aliphatic heterocycles. The van der Waals surface area contributed by atoms with Crippen LogP contribution in [0.2, 0.25) is 0 Å². The normalized spacial score (nSPS) is 10.6. The molecular weight excluding hydrogens is 338 g/mol. The molecule has 4 nitrogen and oxygen atoms in total. The first-order valence-corrected chi connectivity index (χ1v) is 6.24. The molecule has 6 heteroatoms. The fourth-order valence-electron chi connectivity index (χ4n) is 1.21. The highest BCUT2D eigenvalue weighted by Crippen LogP contribution is 2.19. The third kappa shape index (κ3) is 3.13. The van der Waals surface area contributed by atoms with Gasteiger partial charge in [0.15, 0.2) is 0 Å². The SMILES string of the molecule is Brc1cnc(CNCc2ccno2)c(Br)c1. The van der Waals surface area contributed by atoms with Gasteiger partial charge in [0, 0.05) is 27.8 Å². The molecule has 1 N–H and O–H groups in total. The molecule has 0 saturated carbocycles. The summed E-state index contributed by atoms with van der Waals surface area (Å²) in [6.07, 6.45) is 3.40. The number of rotatable bonds is 4. The second-order valence-corrected chi connectivity index (χ2v) is 4.93. The molecule has 2 rings (SSSR count). The maximum Gasteiger partial charge on any atom is 0.150 e. The minimum absolute atomic E-state index is 0.643. The molecule has 0 bridgehead atoms. The van der Waals surface area contributed by atoms with Crippen LogP contribution in [0.1, 0.15) is 11.5 Å². The van der Waals surface area contributed by atoms with E-state index >= 15 is 0 Å². The molecular formula is C10H9Br2N3O. The van der Waals surface area contributed by atoms with Crippen molar-refractivity contribution in [1.82, 2.24) is 15.5 Å². The highest BCUT2D eigenvalue weighted by atomic mass is 79.9. The molecule has 0 spiro atoms. The molecule has 0 fully saturated rings. The lowest BCUT2D eigenvalue weighted by Gasteiger charge is -2.04. The Morgan fingerprint density at radius 3 is 2.88 bits per heavy atom. The van der Waals surface area contributed by atoms with E-state index in [2.05, 4.69) is 47.3 Å². The second-order valence-electron chi connectivity index (χ2n) is 3.16. The Bertz CT molecular complexity index is 459. The molecule has 0 aromatic carbocycles. The Morgan fingerprint density at radius 1 is 1.31 bits per heavy atom. The molecule has 0 unspecified atom stereocenters. The molecule has 2 heterocycles. The number of nitrogens with one attached hydrogen (secondary N) is 1. The molecule has 84 valence electrons. The molecule has 0 amide bonds. The Labute approximate surface area is 110 Å². The number of aromatic nitrogens is 2. The van der Waals surface area contributed by atoms with Crippen LogP contribution in [0.25, 0.3) is 0 Å². The number of nitrogens with zero attached hydrogens (tertiary/aromatic N) is 2. The van der Waals surface area contributed by atoms with Crippen LogP contribution in [0.5, 0.6) is 0 Å². The van der Waals surface area contributed by atoms with Crippen LogP contribution in [0.4, 0.5) is 0 Å². The average molecular weight is 347 g/mol. The van der Waals surface area contributed by atoms with Crippen LogP contribution in [0.3, 0.4) is 0 Å². The van der Waals surface area contributed by atoms with E-state index in [1.807, 2.05) is 12.1 Å². The first-order valence-electron chi connectivity index (χ1n) is 4.66. The third-order valence-corrected chi connectivity index (χ3v) is 3.09. The second kappa shape index (κ2) is 5.56. The van der Waals surface area contributed by atoms with Gasteiger partial charge in [0.25, 0.3) is 0 Å². The zero-order chi connectivity index (χ0) is 11.4. The molecule has 2 aromatic heterocycles. The molecule has 0 saturated heterocycles. The zero-order valence-corrected chi connectivity index (χ0v) is 11.5. The van der Waals surface area contributed by atoms with Gasteiger partial charge in [-0.15, -0.1) is 0 Å². The van der Waals surface area contributed by atoms with E-state index in [9.17, 15) is 0 Å². The summed E-state index contributed by atoms with van der Waals surface area (Å²) < 4.78 is 6.90. The van der Waals surface area contributed by atoms with Crippen molar-refractivity contribution in [3.05, 3.63) is 44.9 Å². The van der Waals surface area contributed by atoms with Crippen molar-refractivity contribution in [3.63, 3.8) is 0 Å². The smallest absolute Gasteiger partial charge is 0.150 e. The minimum atomic E-state index is 0.643. The summed E-state index contributed by atoms with van der Waals surface area (Å²) in [6, 6.07) is 3.80. The molecule has 16 heavy (non-hydrogen) atoms. The lowest BCUT2D eigenvalue weighted by Crippen LogP contribution is -2.13. The highest BCUT2D eigenvalue weighted by molar-refractivity contribution is 9.11. The average Bonchev–Trinajstić information content (AvgIpc) is 2.74. The summed E-state index contributed by atoms with van der Waals surface area (Å²) in [6.45, 7) is 1.32. The topological polar surface area (TPSA) is 51.0 Å². The van der Waals surface area contributed by atoms with E-state index in [0.29, 0.717) is 13.1 Å². The summed E-state index contributed by atoms with van der Waals surface area (Å²) in [4.78, 5) is 4.29. The van der Waals surface area contributed by atoms with Gasteiger partial charge in [-0.05, 0) is 37.9 Å². The van der Waals surface area contributed by atoms with Crippen molar-refractivity contribution in [2.45, 2.75) is 13.1 Å². The van der Waals surface area contributed by atoms with E-state index in [0.717, 1.165) is 20.4 Å². The van der Waals surface area contributed by atoms with Crippen molar-refractivity contribution in [3.8, 4) is 0 Å². The number of halogens is 2. The van der Waals surface area contributed by atoms with Gasteiger partial charge < -0.3 is 9.84 Å². The van der Waals surface area contributed by atoms with Crippen LogP contribution in [-0.4, -0.2) is 10.1 Å². The van der Waals surface area contributed by atoms with E-state index in [1.165, 1.54) is 0 Å². The van der Waals surface area contributed by atoms with Crippen LogP contribution >= 0.6 is 31.9 Å². The molecule has 0 aliphatic rings. The highest BCUT2D eigenvalue weighted by Gasteiger charge is 2.02. The van der Waals surface area contributed by atoms with Crippen LogP contribution < -0.4 is 5.32 Å². The molecule has 0 aliphatic carbocycles. The summed E-state index contributed by atoms with van der Waals surface area (Å²) in [7, 11) is 0. The van der Waals surface area contributed by atoms with Gasteiger partial charge >= 0.3 is 0 Å². The van der Waals surface area contributed by atoms with E-state index in [-0.39, 0.29) is 0 Å². The predicted molar refractivity (Wildman–Crippen MR) is 66.7 cm³/mol. The Kier molecular flexibility index (Phi) is 4.09. The summed E-state index contributed by atoms with van der Waals surface area (Å²) >= 11 is 6.82.